The number of rotatable bonds is 3. The summed E-state index contributed by atoms with van der Waals surface area (Å²) >= 11 is 4.05. The minimum absolute atomic E-state index is 0.196. The van der Waals surface area contributed by atoms with E-state index in [1.807, 2.05) is 11.9 Å². The Morgan fingerprint density at radius 1 is 1.54 bits per heavy atom. The van der Waals surface area contributed by atoms with E-state index < -0.39 is 0 Å². The van der Waals surface area contributed by atoms with Gasteiger partial charge in [-0.15, -0.1) is 0 Å². The predicted octanol–water partition coefficient (Wildman–Crippen LogP) is 0.944. The third-order valence-corrected chi connectivity index (χ3v) is 2.68. The smallest absolute Gasteiger partial charge is 0.223 e. The van der Waals surface area contributed by atoms with Gasteiger partial charge in [-0.05, 0) is 18.6 Å². The van der Waals surface area contributed by atoms with E-state index in [2.05, 4.69) is 12.6 Å². The molecule has 13 heavy (non-hydrogen) atoms. The second-order valence-corrected chi connectivity index (χ2v) is 3.77. The van der Waals surface area contributed by atoms with Gasteiger partial charge in [-0.1, -0.05) is 0 Å². The molecule has 0 aromatic carbocycles. The molecule has 0 N–H and O–H groups in total. The quantitative estimate of drug-likeness (QED) is 0.692. The third kappa shape index (κ3) is 3.19. The van der Waals surface area contributed by atoms with Gasteiger partial charge in [0.2, 0.25) is 5.91 Å². The standard InChI is InChI=1S/C9H17NO2S/c1-10(9(11)4-7-13)8-2-5-12-6-3-8/h8,13H,2-7H2,1H3. The summed E-state index contributed by atoms with van der Waals surface area (Å²) in [5, 5.41) is 0. The molecule has 0 aromatic heterocycles. The summed E-state index contributed by atoms with van der Waals surface area (Å²) < 4.78 is 5.24. The molecule has 1 aliphatic rings. The van der Waals surface area contributed by atoms with Crippen LogP contribution in [-0.4, -0.2) is 42.9 Å². The van der Waals surface area contributed by atoms with Crippen LogP contribution in [-0.2, 0) is 9.53 Å². The fourth-order valence-electron chi connectivity index (χ4n) is 1.55. The number of ether oxygens (including phenoxy) is 1. The van der Waals surface area contributed by atoms with Crippen molar-refractivity contribution in [1.29, 1.82) is 0 Å². The van der Waals surface area contributed by atoms with E-state index in [-0.39, 0.29) is 5.91 Å². The van der Waals surface area contributed by atoms with E-state index in [4.69, 9.17) is 4.74 Å². The van der Waals surface area contributed by atoms with Crippen LogP contribution in [0.5, 0.6) is 0 Å². The van der Waals surface area contributed by atoms with Crippen LogP contribution in [0.4, 0.5) is 0 Å². The van der Waals surface area contributed by atoms with Crippen LogP contribution < -0.4 is 0 Å². The lowest BCUT2D eigenvalue weighted by Gasteiger charge is -2.31. The van der Waals surface area contributed by atoms with Crippen LogP contribution in [0.3, 0.4) is 0 Å². The van der Waals surface area contributed by atoms with Gasteiger partial charge in [0.1, 0.15) is 0 Å². The number of amides is 1. The number of carbonyl (C=O) groups is 1. The molecular weight excluding hydrogens is 186 g/mol. The van der Waals surface area contributed by atoms with Crippen molar-refractivity contribution in [2.45, 2.75) is 25.3 Å². The van der Waals surface area contributed by atoms with Crippen LogP contribution in [0.2, 0.25) is 0 Å². The average molecular weight is 203 g/mol. The number of carbonyl (C=O) groups excluding carboxylic acids is 1. The SMILES string of the molecule is CN(C(=O)CCS)C1CCOCC1. The third-order valence-electron chi connectivity index (χ3n) is 2.46. The Kier molecular flexibility index (Phi) is 4.59. The van der Waals surface area contributed by atoms with E-state index in [1.165, 1.54) is 0 Å². The molecular formula is C9H17NO2S. The van der Waals surface area contributed by atoms with Gasteiger partial charge in [0.05, 0.1) is 0 Å². The summed E-state index contributed by atoms with van der Waals surface area (Å²) in [6.07, 6.45) is 2.47. The lowest BCUT2D eigenvalue weighted by Crippen LogP contribution is -2.40. The van der Waals surface area contributed by atoms with E-state index in [0.29, 0.717) is 18.2 Å². The zero-order chi connectivity index (χ0) is 9.68. The van der Waals surface area contributed by atoms with Gasteiger partial charge in [-0.25, -0.2) is 0 Å². The Balaban J connectivity index is 2.35. The molecule has 4 heteroatoms. The summed E-state index contributed by atoms with van der Waals surface area (Å²) in [6, 6.07) is 0.376. The van der Waals surface area contributed by atoms with Gasteiger partial charge in [0, 0.05) is 32.7 Å². The second kappa shape index (κ2) is 5.50. The average Bonchev–Trinajstić information content (AvgIpc) is 2.18. The van der Waals surface area contributed by atoms with Gasteiger partial charge in [-0.2, -0.15) is 12.6 Å². The Morgan fingerprint density at radius 3 is 2.69 bits per heavy atom. The number of hydrogen-bond donors (Lipinski definition) is 1. The molecule has 0 spiro atoms. The molecule has 0 atom stereocenters. The number of thiol groups is 1. The zero-order valence-corrected chi connectivity index (χ0v) is 8.93. The molecule has 0 unspecified atom stereocenters. The van der Waals surface area contributed by atoms with Crippen molar-refractivity contribution in [2.24, 2.45) is 0 Å². The molecule has 0 radical (unpaired) electrons. The van der Waals surface area contributed by atoms with E-state index >= 15 is 0 Å². The predicted molar refractivity (Wildman–Crippen MR) is 55.1 cm³/mol. The molecule has 1 rings (SSSR count). The first-order chi connectivity index (χ1) is 6.25. The maximum atomic E-state index is 11.5. The minimum atomic E-state index is 0.196. The second-order valence-electron chi connectivity index (χ2n) is 3.32. The molecule has 1 heterocycles. The highest BCUT2D eigenvalue weighted by Gasteiger charge is 2.21. The maximum Gasteiger partial charge on any atom is 0.223 e. The van der Waals surface area contributed by atoms with Crippen molar-refractivity contribution >= 4 is 18.5 Å². The monoisotopic (exact) mass is 203 g/mol. The van der Waals surface area contributed by atoms with Crippen LogP contribution in [0, 0.1) is 0 Å². The fourth-order valence-corrected chi connectivity index (χ4v) is 1.74. The van der Waals surface area contributed by atoms with Crippen molar-refractivity contribution in [1.82, 2.24) is 4.90 Å². The zero-order valence-electron chi connectivity index (χ0n) is 8.03. The fraction of sp³-hybridized carbons (Fsp3) is 0.889. The van der Waals surface area contributed by atoms with Crippen molar-refractivity contribution in [3.05, 3.63) is 0 Å². The van der Waals surface area contributed by atoms with Gasteiger partial charge in [0.15, 0.2) is 0 Å². The summed E-state index contributed by atoms with van der Waals surface area (Å²) in [5.41, 5.74) is 0. The Morgan fingerprint density at radius 2 is 2.15 bits per heavy atom. The van der Waals surface area contributed by atoms with Gasteiger partial charge in [-0.3, -0.25) is 4.79 Å². The van der Waals surface area contributed by atoms with E-state index in [1.54, 1.807) is 0 Å². The molecule has 1 saturated heterocycles. The molecule has 0 aromatic rings. The molecule has 0 bridgehead atoms. The lowest BCUT2D eigenvalue weighted by atomic mass is 10.1. The van der Waals surface area contributed by atoms with Crippen molar-refractivity contribution < 1.29 is 9.53 Å². The number of nitrogens with zero attached hydrogens (tertiary/aromatic N) is 1. The maximum absolute atomic E-state index is 11.5. The highest BCUT2D eigenvalue weighted by molar-refractivity contribution is 7.80. The largest absolute Gasteiger partial charge is 0.381 e. The number of hydrogen-bond acceptors (Lipinski definition) is 3. The van der Waals surface area contributed by atoms with Crippen molar-refractivity contribution in [3.63, 3.8) is 0 Å². The van der Waals surface area contributed by atoms with Crippen LogP contribution >= 0.6 is 12.6 Å². The lowest BCUT2D eigenvalue weighted by molar-refractivity contribution is -0.133. The summed E-state index contributed by atoms with van der Waals surface area (Å²) in [5.74, 6) is 0.828. The highest BCUT2D eigenvalue weighted by atomic mass is 32.1. The van der Waals surface area contributed by atoms with Gasteiger partial charge in [0.25, 0.3) is 0 Å². The highest BCUT2D eigenvalue weighted by Crippen LogP contribution is 2.13. The molecule has 76 valence electrons. The summed E-state index contributed by atoms with van der Waals surface area (Å²) in [6.45, 7) is 1.56. The van der Waals surface area contributed by atoms with E-state index in [9.17, 15) is 4.79 Å². The van der Waals surface area contributed by atoms with Crippen LogP contribution in [0.15, 0.2) is 0 Å². The van der Waals surface area contributed by atoms with Gasteiger partial charge >= 0.3 is 0 Å². The Bertz CT molecular complexity index is 169. The van der Waals surface area contributed by atoms with Crippen LogP contribution in [0.25, 0.3) is 0 Å². The van der Waals surface area contributed by atoms with E-state index in [0.717, 1.165) is 26.1 Å². The Hall–Kier alpha value is -0.220. The van der Waals surface area contributed by atoms with Gasteiger partial charge < -0.3 is 9.64 Å². The first-order valence-electron chi connectivity index (χ1n) is 4.70. The normalized spacial score (nSPS) is 18.6. The topological polar surface area (TPSA) is 29.5 Å². The molecule has 1 aliphatic heterocycles. The molecule has 1 amide bonds. The summed E-state index contributed by atoms with van der Waals surface area (Å²) in [7, 11) is 1.88. The van der Waals surface area contributed by atoms with Crippen molar-refractivity contribution in [3.8, 4) is 0 Å². The summed E-state index contributed by atoms with van der Waals surface area (Å²) in [4.78, 5) is 13.3. The molecule has 0 saturated carbocycles. The molecule has 0 aliphatic carbocycles. The minimum Gasteiger partial charge on any atom is -0.381 e. The molecule has 1 fully saturated rings. The van der Waals surface area contributed by atoms with Crippen LogP contribution in [0.1, 0.15) is 19.3 Å². The molecule has 3 nitrogen and oxygen atoms in total. The Labute approximate surface area is 84.8 Å². The first-order valence-corrected chi connectivity index (χ1v) is 5.33. The van der Waals surface area contributed by atoms with Crippen molar-refractivity contribution in [2.75, 3.05) is 26.0 Å². The first kappa shape index (κ1) is 10.9.